The standard InChI is InChI=1S/C18H33NO/c1-19-17(15-11-7-4-3-5-8-12-15)18(20-2)16-13-9-6-10-14-16/h11,16-19H,3-10,12-14H2,1-2H3. The first-order valence-corrected chi connectivity index (χ1v) is 8.75. The van der Waals surface area contributed by atoms with Crippen LogP contribution >= 0.6 is 0 Å². The highest BCUT2D eigenvalue weighted by molar-refractivity contribution is 5.15. The van der Waals surface area contributed by atoms with Gasteiger partial charge >= 0.3 is 0 Å². The van der Waals surface area contributed by atoms with E-state index in [1.165, 1.54) is 70.6 Å². The molecule has 1 saturated carbocycles. The van der Waals surface area contributed by atoms with Crippen molar-refractivity contribution in [2.24, 2.45) is 5.92 Å². The Hall–Kier alpha value is -0.340. The van der Waals surface area contributed by atoms with Gasteiger partial charge in [-0.25, -0.2) is 0 Å². The molecule has 0 heterocycles. The molecule has 0 amide bonds. The van der Waals surface area contributed by atoms with E-state index in [1.807, 2.05) is 7.11 Å². The summed E-state index contributed by atoms with van der Waals surface area (Å²) in [7, 11) is 4.02. The maximum absolute atomic E-state index is 5.96. The van der Waals surface area contributed by atoms with E-state index >= 15 is 0 Å². The van der Waals surface area contributed by atoms with Crippen molar-refractivity contribution in [2.75, 3.05) is 14.2 Å². The molecule has 1 N–H and O–H groups in total. The van der Waals surface area contributed by atoms with Crippen LogP contribution in [0.25, 0.3) is 0 Å². The molecular weight excluding hydrogens is 246 g/mol. The van der Waals surface area contributed by atoms with Crippen LogP contribution in [0.2, 0.25) is 0 Å². The molecule has 1 fully saturated rings. The molecule has 2 aliphatic rings. The van der Waals surface area contributed by atoms with E-state index in [9.17, 15) is 0 Å². The predicted octanol–water partition coefficient (Wildman–Crippen LogP) is 4.45. The Labute approximate surface area is 125 Å². The van der Waals surface area contributed by atoms with Crippen molar-refractivity contribution in [1.82, 2.24) is 5.32 Å². The second-order valence-corrected chi connectivity index (χ2v) is 6.60. The minimum absolute atomic E-state index is 0.367. The molecule has 2 unspecified atom stereocenters. The highest BCUT2D eigenvalue weighted by Gasteiger charge is 2.31. The first kappa shape index (κ1) is 16.0. The number of ether oxygens (including phenoxy) is 1. The topological polar surface area (TPSA) is 21.3 Å². The van der Waals surface area contributed by atoms with Gasteiger partial charge in [-0.1, -0.05) is 43.8 Å². The zero-order valence-electron chi connectivity index (χ0n) is 13.5. The first-order valence-electron chi connectivity index (χ1n) is 8.75. The van der Waals surface area contributed by atoms with E-state index < -0.39 is 0 Å². The van der Waals surface area contributed by atoms with Gasteiger partial charge in [-0.05, 0) is 51.5 Å². The molecule has 0 bridgehead atoms. The summed E-state index contributed by atoms with van der Waals surface area (Å²) in [5.41, 5.74) is 1.62. The minimum atomic E-state index is 0.367. The quantitative estimate of drug-likeness (QED) is 0.751. The maximum atomic E-state index is 5.96. The van der Waals surface area contributed by atoms with Gasteiger partial charge in [0.25, 0.3) is 0 Å². The van der Waals surface area contributed by atoms with E-state index in [0.29, 0.717) is 12.1 Å². The molecule has 0 spiro atoms. The molecule has 116 valence electrons. The molecule has 2 aliphatic carbocycles. The fraction of sp³-hybridized carbons (Fsp3) is 0.889. The van der Waals surface area contributed by atoms with Gasteiger partial charge in [0.15, 0.2) is 0 Å². The van der Waals surface area contributed by atoms with Crippen LogP contribution < -0.4 is 5.32 Å². The Morgan fingerprint density at radius 1 is 1.05 bits per heavy atom. The molecule has 2 heteroatoms. The normalized spacial score (nSPS) is 25.4. The molecule has 0 aromatic heterocycles. The summed E-state index contributed by atoms with van der Waals surface area (Å²) in [6.45, 7) is 0. The van der Waals surface area contributed by atoms with Crippen LogP contribution in [0, 0.1) is 5.92 Å². The van der Waals surface area contributed by atoms with Gasteiger partial charge in [-0.2, -0.15) is 0 Å². The molecule has 0 aromatic carbocycles. The lowest BCUT2D eigenvalue weighted by atomic mass is 9.79. The zero-order chi connectivity index (χ0) is 14.2. The molecule has 0 radical (unpaired) electrons. The first-order chi connectivity index (χ1) is 9.86. The Morgan fingerprint density at radius 2 is 1.75 bits per heavy atom. The van der Waals surface area contributed by atoms with Crippen molar-refractivity contribution >= 4 is 0 Å². The number of allylic oxidation sites excluding steroid dienone is 1. The highest BCUT2D eigenvalue weighted by atomic mass is 16.5. The summed E-state index contributed by atoms with van der Waals surface area (Å²) in [4.78, 5) is 0. The molecule has 2 rings (SSSR count). The van der Waals surface area contributed by atoms with Gasteiger partial charge in [-0.3, -0.25) is 0 Å². The summed E-state index contributed by atoms with van der Waals surface area (Å²) in [5, 5.41) is 3.57. The third-order valence-corrected chi connectivity index (χ3v) is 5.25. The maximum Gasteiger partial charge on any atom is 0.0790 e. The lowest BCUT2D eigenvalue weighted by molar-refractivity contribution is 0.0178. The Morgan fingerprint density at radius 3 is 2.45 bits per heavy atom. The van der Waals surface area contributed by atoms with Crippen molar-refractivity contribution in [2.45, 2.75) is 82.8 Å². The molecule has 2 nitrogen and oxygen atoms in total. The molecular formula is C18H33NO. The predicted molar refractivity (Wildman–Crippen MR) is 86.0 cm³/mol. The number of hydrogen-bond acceptors (Lipinski definition) is 2. The van der Waals surface area contributed by atoms with Gasteiger partial charge < -0.3 is 10.1 Å². The Balaban J connectivity index is 2.06. The van der Waals surface area contributed by atoms with Crippen molar-refractivity contribution in [3.8, 4) is 0 Å². The van der Waals surface area contributed by atoms with Crippen LogP contribution in [0.3, 0.4) is 0 Å². The summed E-state index contributed by atoms with van der Waals surface area (Å²) in [6, 6.07) is 0.432. The van der Waals surface area contributed by atoms with Crippen LogP contribution in [-0.2, 0) is 4.74 Å². The summed E-state index contributed by atoms with van der Waals surface area (Å²) >= 11 is 0. The van der Waals surface area contributed by atoms with Gasteiger partial charge in [0.05, 0.1) is 12.1 Å². The van der Waals surface area contributed by atoms with E-state index in [4.69, 9.17) is 4.74 Å². The third kappa shape index (κ3) is 4.33. The van der Waals surface area contributed by atoms with Crippen LogP contribution in [-0.4, -0.2) is 26.3 Å². The van der Waals surface area contributed by atoms with Crippen LogP contribution in [0.5, 0.6) is 0 Å². The monoisotopic (exact) mass is 279 g/mol. The molecule has 0 saturated heterocycles. The van der Waals surface area contributed by atoms with Crippen LogP contribution in [0.4, 0.5) is 0 Å². The summed E-state index contributed by atoms with van der Waals surface area (Å²) in [5.74, 6) is 0.748. The van der Waals surface area contributed by atoms with E-state index in [-0.39, 0.29) is 0 Å². The van der Waals surface area contributed by atoms with Gasteiger partial charge in [0, 0.05) is 7.11 Å². The van der Waals surface area contributed by atoms with Gasteiger partial charge in [0.1, 0.15) is 0 Å². The van der Waals surface area contributed by atoms with Crippen molar-refractivity contribution in [1.29, 1.82) is 0 Å². The summed E-state index contributed by atoms with van der Waals surface area (Å²) in [6.07, 6.45) is 17.8. The van der Waals surface area contributed by atoms with Crippen molar-refractivity contribution in [3.05, 3.63) is 11.6 Å². The zero-order valence-corrected chi connectivity index (χ0v) is 13.5. The highest BCUT2D eigenvalue weighted by Crippen LogP contribution is 2.32. The van der Waals surface area contributed by atoms with E-state index in [1.54, 1.807) is 5.57 Å². The SMILES string of the molecule is CNC(C1=CCCCCCC1)C(OC)C1CCCCC1. The molecule has 0 aromatic rings. The van der Waals surface area contributed by atoms with Crippen molar-refractivity contribution < 1.29 is 4.74 Å². The number of methoxy groups -OCH3 is 1. The fourth-order valence-electron chi connectivity index (χ4n) is 4.12. The van der Waals surface area contributed by atoms with Crippen LogP contribution in [0.15, 0.2) is 11.6 Å². The van der Waals surface area contributed by atoms with E-state index in [2.05, 4.69) is 18.4 Å². The number of likely N-dealkylation sites (N-methyl/N-ethyl adjacent to an activating group) is 1. The Bertz CT molecular complexity index is 294. The molecule has 2 atom stereocenters. The molecule has 20 heavy (non-hydrogen) atoms. The van der Waals surface area contributed by atoms with Crippen LogP contribution in [0.1, 0.15) is 70.6 Å². The number of hydrogen-bond donors (Lipinski definition) is 1. The van der Waals surface area contributed by atoms with Gasteiger partial charge in [0.2, 0.25) is 0 Å². The third-order valence-electron chi connectivity index (χ3n) is 5.25. The average Bonchev–Trinajstić information content (AvgIpc) is 2.46. The average molecular weight is 279 g/mol. The summed E-state index contributed by atoms with van der Waals surface area (Å²) < 4.78 is 5.96. The Kier molecular flexibility index (Phi) is 7.09. The molecule has 0 aliphatic heterocycles. The van der Waals surface area contributed by atoms with E-state index in [0.717, 1.165) is 5.92 Å². The number of nitrogens with one attached hydrogen (secondary N) is 1. The lowest BCUT2D eigenvalue weighted by Gasteiger charge is -2.36. The second kappa shape index (κ2) is 8.84. The van der Waals surface area contributed by atoms with Gasteiger partial charge in [-0.15, -0.1) is 0 Å². The number of rotatable bonds is 5. The second-order valence-electron chi connectivity index (χ2n) is 6.60. The van der Waals surface area contributed by atoms with Crippen molar-refractivity contribution in [3.63, 3.8) is 0 Å². The lowest BCUT2D eigenvalue weighted by Crippen LogP contribution is -2.45. The fourth-order valence-corrected chi connectivity index (χ4v) is 4.12. The minimum Gasteiger partial charge on any atom is -0.379 e. The largest absolute Gasteiger partial charge is 0.379 e. The smallest absolute Gasteiger partial charge is 0.0790 e.